The van der Waals surface area contributed by atoms with Gasteiger partial charge in [-0.1, -0.05) is 23.2 Å². The van der Waals surface area contributed by atoms with Gasteiger partial charge < -0.3 is 10.1 Å². The fourth-order valence-electron chi connectivity index (χ4n) is 1.14. The second-order valence-corrected chi connectivity index (χ2v) is 3.35. The third-order valence-electron chi connectivity index (χ3n) is 1.69. The average Bonchev–Trinajstić information content (AvgIpc) is 2.39. The minimum atomic E-state index is -0.587. The SMILES string of the molecule is O=[N+]([O-])c1c(Cl)nc2cc(Cl)ccn12. The molecule has 0 aromatic carbocycles. The summed E-state index contributed by atoms with van der Waals surface area (Å²) in [4.78, 5) is 13.8. The van der Waals surface area contributed by atoms with Crippen molar-refractivity contribution in [1.29, 1.82) is 0 Å². The van der Waals surface area contributed by atoms with E-state index in [1.165, 1.54) is 22.7 Å². The Morgan fingerprint density at radius 2 is 2.21 bits per heavy atom. The van der Waals surface area contributed by atoms with Gasteiger partial charge in [0.2, 0.25) is 10.8 Å². The Morgan fingerprint density at radius 3 is 2.86 bits per heavy atom. The van der Waals surface area contributed by atoms with Gasteiger partial charge in [-0.15, -0.1) is 0 Å². The van der Waals surface area contributed by atoms with Crippen LogP contribution in [0.4, 0.5) is 5.82 Å². The highest BCUT2D eigenvalue weighted by Gasteiger charge is 2.20. The van der Waals surface area contributed by atoms with E-state index < -0.39 is 4.92 Å². The van der Waals surface area contributed by atoms with Crippen molar-refractivity contribution < 1.29 is 4.92 Å². The number of nitrogens with zero attached hydrogens (tertiary/aromatic N) is 3. The van der Waals surface area contributed by atoms with Crippen LogP contribution in [0.5, 0.6) is 0 Å². The standard InChI is InChI=1S/C7H3Cl2N3O2/c8-4-1-2-11-5(3-4)10-6(9)7(11)12(13)14/h1-3H. The molecule has 0 aliphatic carbocycles. The summed E-state index contributed by atoms with van der Waals surface area (Å²) in [5, 5.41) is 10.9. The Hall–Kier alpha value is -1.33. The number of nitro groups is 1. The third kappa shape index (κ3) is 1.30. The summed E-state index contributed by atoms with van der Waals surface area (Å²) in [5.41, 5.74) is 0.356. The van der Waals surface area contributed by atoms with Gasteiger partial charge in [-0.2, -0.15) is 9.38 Å². The molecule has 7 heteroatoms. The molecule has 0 unspecified atom stereocenters. The second-order valence-electron chi connectivity index (χ2n) is 2.56. The van der Waals surface area contributed by atoms with Gasteiger partial charge in [0.05, 0.1) is 11.2 Å². The molecule has 0 bridgehead atoms. The molecular weight excluding hydrogens is 229 g/mol. The number of imidazole rings is 1. The summed E-state index contributed by atoms with van der Waals surface area (Å²) in [6.07, 6.45) is 1.45. The zero-order valence-corrected chi connectivity index (χ0v) is 8.16. The monoisotopic (exact) mass is 231 g/mol. The van der Waals surface area contributed by atoms with E-state index in [4.69, 9.17) is 23.2 Å². The lowest BCUT2D eigenvalue weighted by Crippen LogP contribution is -1.93. The van der Waals surface area contributed by atoms with Gasteiger partial charge in [0.1, 0.15) is 0 Å². The van der Waals surface area contributed by atoms with Gasteiger partial charge in [0.25, 0.3) is 0 Å². The maximum absolute atomic E-state index is 10.6. The fourth-order valence-corrected chi connectivity index (χ4v) is 1.54. The first-order valence-corrected chi connectivity index (χ1v) is 4.32. The Labute approximate surface area is 88.0 Å². The molecule has 14 heavy (non-hydrogen) atoms. The zero-order chi connectivity index (χ0) is 10.3. The lowest BCUT2D eigenvalue weighted by molar-refractivity contribution is -0.390. The number of aromatic nitrogens is 2. The van der Waals surface area contributed by atoms with Crippen molar-refractivity contribution in [3.63, 3.8) is 0 Å². The minimum absolute atomic E-state index is 0.141. The number of pyridine rings is 1. The molecule has 0 saturated heterocycles. The molecule has 0 spiro atoms. The van der Waals surface area contributed by atoms with Crippen LogP contribution in [0.3, 0.4) is 0 Å². The van der Waals surface area contributed by atoms with Crippen molar-refractivity contribution in [2.45, 2.75) is 0 Å². The predicted octanol–water partition coefficient (Wildman–Crippen LogP) is 2.55. The summed E-state index contributed by atoms with van der Waals surface area (Å²) in [6.45, 7) is 0. The third-order valence-corrected chi connectivity index (χ3v) is 2.18. The molecule has 0 radical (unpaired) electrons. The first-order chi connectivity index (χ1) is 6.59. The van der Waals surface area contributed by atoms with Crippen molar-refractivity contribution in [2.75, 3.05) is 0 Å². The quantitative estimate of drug-likeness (QED) is 0.560. The lowest BCUT2D eigenvalue weighted by Gasteiger charge is -1.92. The number of hydrogen-bond donors (Lipinski definition) is 0. The Morgan fingerprint density at radius 1 is 1.50 bits per heavy atom. The molecule has 0 saturated carbocycles. The van der Waals surface area contributed by atoms with Gasteiger partial charge in [-0.05, 0) is 11.0 Å². The highest BCUT2D eigenvalue weighted by atomic mass is 35.5. The Balaban J connectivity index is 2.84. The van der Waals surface area contributed by atoms with Crippen molar-refractivity contribution in [2.24, 2.45) is 0 Å². The van der Waals surface area contributed by atoms with E-state index >= 15 is 0 Å². The first kappa shape index (κ1) is 9.23. The molecule has 0 aliphatic rings. The molecule has 2 heterocycles. The van der Waals surface area contributed by atoms with Crippen LogP contribution in [0, 0.1) is 10.1 Å². The zero-order valence-electron chi connectivity index (χ0n) is 6.65. The Kier molecular flexibility index (Phi) is 2.05. The molecule has 0 atom stereocenters. The molecule has 2 aromatic rings. The van der Waals surface area contributed by atoms with Crippen LogP contribution in [0.15, 0.2) is 18.3 Å². The summed E-state index contributed by atoms with van der Waals surface area (Å²) < 4.78 is 1.27. The number of rotatable bonds is 1. The largest absolute Gasteiger partial charge is 0.367 e. The van der Waals surface area contributed by atoms with E-state index in [0.29, 0.717) is 10.7 Å². The van der Waals surface area contributed by atoms with E-state index in [1.807, 2.05) is 0 Å². The molecule has 0 aliphatic heterocycles. The van der Waals surface area contributed by atoms with Crippen molar-refractivity contribution >= 4 is 34.7 Å². The summed E-state index contributed by atoms with van der Waals surface area (Å²) in [5.74, 6) is -0.252. The highest BCUT2D eigenvalue weighted by Crippen LogP contribution is 2.26. The molecule has 0 fully saturated rings. The fraction of sp³-hybridized carbons (Fsp3) is 0. The molecule has 72 valence electrons. The number of halogens is 2. The van der Waals surface area contributed by atoms with Gasteiger partial charge in [-0.25, -0.2) is 0 Å². The normalized spacial score (nSPS) is 10.7. The summed E-state index contributed by atoms with van der Waals surface area (Å²) in [7, 11) is 0. The van der Waals surface area contributed by atoms with Gasteiger partial charge in [-0.3, -0.25) is 0 Å². The van der Waals surface area contributed by atoms with Crippen LogP contribution in [-0.4, -0.2) is 14.3 Å². The molecule has 0 N–H and O–H groups in total. The maximum atomic E-state index is 10.6. The summed E-state index contributed by atoms with van der Waals surface area (Å²) in [6, 6.07) is 3.03. The minimum Gasteiger partial charge on any atom is -0.358 e. The van der Waals surface area contributed by atoms with E-state index in [1.54, 1.807) is 0 Å². The van der Waals surface area contributed by atoms with E-state index in [2.05, 4.69) is 4.98 Å². The molecule has 2 aromatic heterocycles. The predicted molar refractivity (Wildman–Crippen MR) is 51.9 cm³/mol. The maximum Gasteiger partial charge on any atom is 0.367 e. The van der Waals surface area contributed by atoms with E-state index in [0.717, 1.165) is 0 Å². The van der Waals surface area contributed by atoms with Crippen molar-refractivity contribution in [3.8, 4) is 0 Å². The van der Waals surface area contributed by atoms with E-state index in [-0.39, 0.29) is 11.0 Å². The van der Waals surface area contributed by atoms with Crippen LogP contribution >= 0.6 is 23.2 Å². The van der Waals surface area contributed by atoms with Crippen molar-refractivity contribution in [1.82, 2.24) is 9.38 Å². The van der Waals surface area contributed by atoms with Crippen LogP contribution in [-0.2, 0) is 0 Å². The van der Waals surface area contributed by atoms with Crippen molar-refractivity contribution in [3.05, 3.63) is 38.6 Å². The van der Waals surface area contributed by atoms with Gasteiger partial charge in [0, 0.05) is 6.07 Å². The first-order valence-electron chi connectivity index (χ1n) is 3.57. The Bertz CT molecular complexity index is 523. The smallest absolute Gasteiger partial charge is 0.358 e. The van der Waals surface area contributed by atoms with Crippen LogP contribution < -0.4 is 0 Å². The second kappa shape index (κ2) is 3.11. The molecular formula is C7H3Cl2N3O2. The number of hydrogen-bond acceptors (Lipinski definition) is 3. The van der Waals surface area contributed by atoms with E-state index in [9.17, 15) is 10.1 Å². The lowest BCUT2D eigenvalue weighted by atomic mass is 10.5. The average molecular weight is 232 g/mol. The molecule has 5 nitrogen and oxygen atoms in total. The van der Waals surface area contributed by atoms with Crippen LogP contribution in [0.2, 0.25) is 10.2 Å². The molecule has 0 amide bonds. The van der Waals surface area contributed by atoms with Gasteiger partial charge in [0.15, 0.2) is 0 Å². The molecule has 2 rings (SSSR count). The topological polar surface area (TPSA) is 60.4 Å². The van der Waals surface area contributed by atoms with Gasteiger partial charge >= 0.3 is 5.82 Å². The van der Waals surface area contributed by atoms with Crippen LogP contribution in [0.25, 0.3) is 5.65 Å². The van der Waals surface area contributed by atoms with Crippen LogP contribution in [0.1, 0.15) is 0 Å². The summed E-state index contributed by atoms with van der Waals surface area (Å²) >= 11 is 11.3. The highest BCUT2D eigenvalue weighted by molar-refractivity contribution is 6.32. The number of fused-ring (bicyclic) bond motifs is 1.